The summed E-state index contributed by atoms with van der Waals surface area (Å²) in [7, 11) is 0. The van der Waals surface area contributed by atoms with Crippen molar-refractivity contribution in [3.63, 3.8) is 0 Å². The fourth-order valence-corrected chi connectivity index (χ4v) is 2.88. The van der Waals surface area contributed by atoms with Crippen LogP contribution in [0.4, 0.5) is 0 Å². The van der Waals surface area contributed by atoms with E-state index in [0.29, 0.717) is 12.5 Å². The molecule has 2 saturated heterocycles. The standard InChI is InChI=1S/C15H29N3O2.CH2O2/c1-15(2,3)18-5-4-13(11-18)10-16-14(19)12-17-6-8-20-9-7-17;2-1-3/h13H,4-12H2,1-3H3,(H,16,19);1H,(H,2,3). The summed E-state index contributed by atoms with van der Waals surface area (Å²) in [6.07, 6.45) is 1.19. The van der Waals surface area contributed by atoms with Crippen LogP contribution in [-0.2, 0) is 14.3 Å². The molecule has 0 radical (unpaired) electrons. The highest BCUT2D eigenvalue weighted by Crippen LogP contribution is 2.23. The minimum absolute atomic E-state index is 0.154. The van der Waals surface area contributed by atoms with E-state index in [1.807, 2.05) is 0 Å². The molecule has 23 heavy (non-hydrogen) atoms. The number of rotatable bonds is 4. The van der Waals surface area contributed by atoms with E-state index in [2.05, 4.69) is 35.9 Å². The Morgan fingerprint density at radius 2 is 1.91 bits per heavy atom. The number of ether oxygens (including phenoxy) is 1. The molecule has 0 aliphatic carbocycles. The predicted molar refractivity (Wildman–Crippen MR) is 88.4 cm³/mol. The first-order valence-corrected chi connectivity index (χ1v) is 8.26. The number of nitrogens with zero attached hydrogens (tertiary/aromatic N) is 2. The van der Waals surface area contributed by atoms with Crippen molar-refractivity contribution in [3.8, 4) is 0 Å². The second kappa shape index (κ2) is 9.85. The van der Waals surface area contributed by atoms with Crippen LogP contribution in [0.2, 0.25) is 0 Å². The van der Waals surface area contributed by atoms with Crippen molar-refractivity contribution in [1.29, 1.82) is 0 Å². The second-order valence-electron chi connectivity index (χ2n) is 7.07. The van der Waals surface area contributed by atoms with Crippen molar-refractivity contribution < 1.29 is 19.4 Å². The van der Waals surface area contributed by atoms with Crippen LogP contribution < -0.4 is 5.32 Å². The summed E-state index contributed by atoms with van der Waals surface area (Å²) in [5.41, 5.74) is 0.243. The number of nitrogens with one attached hydrogen (secondary N) is 1. The molecule has 0 spiro atoms. The number of carbonyl (C=O) groups is 2. The monoisotopic (exact) mass is 329 g/mol. The van der Waals surface area contributed by atoms with Gasteiger partial charge in [-0.05, 0) is 39.7 Å². The Balaban J connectivity index is 0.000000816. The van der Waals surface area contributed by atoms with E-state index >= 15 is 0 Å². The Kier molecular flexibility index (Phi) is 8.51. The van der Waals surface area contributed by atoms with Gasteiger partial charge in [0.2, 0.25) is 5.91 Å². The van der Waals surface area contributed by atoms with Crippen molar-refractivity contribution >= 4 is 12.4 Å². The van der Waals surface area contributed by atoms with E-state index < -0.39 is 0 Å². The van der Waals surface area contributed by atoms with Crippen LogP contribution in [0.15, 0.2) is 0 Å². The van der Waals surface area contributed by atoms with Crippen LogP contribution in [0.3, 0.4) is 0 Å². The average Bonchev–Trinajstić information content (AvgIpc) is 2.96. The third kappa shape index (κ3) is 7.76. The number of carboxylic acid groups (broad SMARTS) is 1. The number of carbonyl (C=O) groups excluding carboxylic acids is 1. The molecule has 0 bridgehead atoms. The van der Waals surface area contributed by atoms with Crippen LogP contribution in [0.5, 0.6) is 0 Å². The number of morpholine rings is 1. The Morgan fingerprint density at radius 3 is 2.43 bits per heavy atom. The van der Waals surface area contributed by atoms with Gasteiger partial charge in [-0.2, -0.15) is 0 Å². The van der Waals surface area contributed by atoms with Gasteiger partial charge in [0.05, 0.1) is 19.8 Å². The molecule has 2 rings (SSSR count). The molecule has 0 saturated carbocycles. The van der Waals surface area contributed by atoms with Gasteiger partial charge in [-0.1, -0.05) is 0 Å². The zero-order valence-corrected chi connectivity index (χ0v) is 14.6. The molecule has 1 amide bonds. The lowest BCUT2D eigenvalue weighted by molar-refractivity contribution is -0.124. The normalized spacial score (nSPS) is 23.0. The molecule has 0 aromatic carbocycles. The average molecular weight is 329 g/mol. The Hall–Kier alpha value is -1.18. The van der Waals surface area contributed by atoms with E-state index in [9.17, 15) is 4.79 Å². The number of likely N-dealkylation sites (tertiary alicyclic amines) is 1. The molecule has 2 aliphatic rings. The number of hydrogen-bond acceptors (Lipinski definition) is 5. The maximum atomic E-state index is 11.9. The maximum Gasteiger partial charge on any atom is 0.290 e. The Labute approximate surface area is 139 Å². The van der Waals surface area contributed by atoms with Gasteiger partial charge in [0.1, 0.15) is 0 Å². The lowest BCUT2D eigenvalue weighted by Crippen LogP contribution is -2.44. The quantitative estimate of drug-likeness (QED) is 0.720. The van der Waals surface area contributed by atoms with Gasteiger partial charge in [-0.25, -0.2) is 0 Å². The van der Waals surface area contributed by atoms with Crippen LogP contribution in [-0.4, -0.2) is 85.3 Å². The molecule has 134 valence electrons. The summed E-state index contributed by atoms with van der Waals surface area (Å²) < 4.78 is 5.29. The van der Waals surface area contributed by atoms with Crippen molar-refractivity contribution in [2.24, 2.45) is 5.92 Å². The van der Waals surface area contributed by atoms with Crippen molar-refractivity contribution in [2.45, 2.75) is 32.7 Å². The van der Waals surface area contributed by atoms with Crippen LogP contribution in [0.25, 0.3) is 0 Å². The molecule has 2 heterocycles. The fourth-order valence-electron chi connectivity index (χ4n) is 2.88. The van der Waals surface area contributed by atoms with Gasteiger partial charge >= 0.3 is 0 Å². The smallest absolute Gasteiger partial charge is 0.290 e. The van der Waals surface area contributed by atoms with E-state index in [4.69, 9.17) is 14.6 Å². The largest absolute Gasteiger partial charge is 0.483 e. The van der Waals surface area contributed by atoms with E-state index in [1.54, 1.807) is 0 Å². The first-order chi connectivity index (χ1) is 10.9. The molecule has 0 aromatic heterocycles. The summed E-state index contributed by atoms with van der Waals surface area (Å²) in [5.74, 6) is 0.754. The maximum absolute atomic E-state index is 11.9. The number of hydrogen-bond donors (Lipinski definition) is 2. The molecular formula is C16H31N3O4. The van der Waals surface area contributed by atoms with Gasteiger partial charge in [0, 0.05) is 31.7 Å². The summed E-state index contributed by atoms with van der Waals surface area (Å²) >= 11 is 0. The molecule has 2 aliphatic heterocycles. The van der Waals surface area contributed by atoms with Gasteiger partial charge in [-0.15, -0.1) is 0 Å². The molecule has 7 nitrogen and oxygen atoms in total. The van der Waals surface area contributed by atoms with Crippen molar-refractivity contribution in [2.75, 3.05) is 52.5 Å². The Bertz CT molecular complexity index is 365. The summed E-state index contributed by atoms with van der Waals surface area (Å²) in [5, 5.41) is 9.98. The summed E-state index contributed by atoms with van der Waals surface area (Å²) in [6.45, 7) is 13.3. The molecule has 0 aromatic rings. The highest BCUT2D eigenvalue weighted by Gasteiger charge is 2.30. The predicted octanol–water partition coefficient (Wildman–Crippen LogP) is 0.256. The SMILES string of the molecule is CC(C)(C)N1CCC(CNC(=O)CN2CCOCC2)C1.O=CO. The van der Waals surface area contributed by atoms with E-state index in [-0.39, 0.29) is 17.9 Å². The molecule has 7 heteroatoms. The lowest BCUT2D eigenvalue weighted by Gasteiger charge is -2.31. The van der Waals surface area contributed by atoms with Gasteiger partial charge in [0.15, 0.2) is 0 Å². The molecule has 2 N–H and O–H groups in total. The topological polar surface area (TPSA) is 82.1 Å². The van der Waals surface area contributed by atoms with Crippen LogP contribution in [0, 0.1) is 5.92 Å². The van der Waals surface area contributed by atoms with Gasteiger partial charge in [0.25, 0.3) is 6.47 Å². The highest BCUT2D eigenvalue weighted by atomic mass is 16.5. The highest BCUT2D eigenvalue weighted by molar-refractivity contribution is 5.78. The van der Waals surface area contributed by atoms with Crippen LogP contribution >= 0.6 is 0 Å². The number of amides is 1. The molecule has 2 fully saturated rings. The second-order valence-corrected chi connectivity index (χ2v) is 7.07. The fraction of sp³-hybridized carbons (Fsp3) is 0.875. The van der Waals surface area contributed by atoms with Crippen molar-refractivity contribution in [3.05, 3.63) is 0 Å². The third-order valence-corrected chi connectivity index (χ3v) is 4.29. The van der Waals surface area contributed by atoms with Crippen molar-refractivity contribution in [1.82, 2.24) is 15.1 Å². The lowest BCUT2D eigenvalue weighted by atomic mass is 10.1. The van der Waals surface area contributed by atoms with E-state index in [0.717, 1.165) is 45.9 Å². The minimum Gasteiger partial charge on any atom is -0.483 e. The van der Waals surface area contributed by atoms with Gasteiger partial charge in [-0.3, -0.25) is 19.4 Å². The summed E-state index contributed by atoms with van der Waals surface area (Å²) in [4.78, 5) is 25.0. The third-order valence-electron chi connectivity index (χ3n) is 4.29. The summed E-state index contributed by atoms with van der Waals surface area (Å²) in [6, 6.07) is 0. The van der Waals surface area contributed by atoms with Gasteiger partial charge < -0.3 is 15.2 Å². The molecular weight excluding hydrogens is 298 g/mol. The molecule has 1 atom stereocenters. The molecule has 1 unspecified atom stereocenters. The zero-order valence-electron chi connectivity index (χ0n) is 14.6. The minimum atomic E-state index is -0.250. The Morgan fingerprint density at radius 1 is 1.30 bits per heavy atom. The van der Waals surface area contributed by atoms with E-state index in [1.165, 1.54) is 6.42 Å². The van der Waals surface area contributed by atoms with Crippen LogP contribution in [0.1, 0.15) is 27.2 Å². The first kappa shape index (κ1) is 19.9. The zero-order chi connectivity index (χ0) is 17.3. The first-order valence-electron chi connectivity index (χ1n) is 8.26.